The number of carbonyl (C=O) groups is 1. The molecule has 5 unspecified atom stereocenters. The molecule has 146 valence electrons. The summed E-state index contributed by atoms with van der Waals surface area (Å²) in [7, 11) is 0. The van der Waals surface area contributed by atoms with Gasteiger partial charge in [0.2, 0.25) is 5.91 Å². The molecule has 0 aromatic heterocycles. The van der Waals surface area contributed by atoms with E-state index in [4.69, 9.17) is 5.73 Å². The highest BCUT2D eigenvalue weighted by molar-refractivity contribution is 5.85. The van der Waals surface area contributed by atoms with Crippen LogP contribution in [0.15, 0.2) is 24.3 Å². The lowest BCUT2D eigenvalue weighted by Gasteiger charge is -2.28. The molecular formula is C18H24ClF3N2O2. The molecule has 26 heavy (non-hydrogen) atoms. The van der Waals surface area contributed by atoms with Crippen LogP contribution in [0.25, 0.3) is 0 Å². The minimum absolute atomic E-state index is 0. The van der Waals surface area contributed by atoms with E-state index >= 15 is 0 Å². The van der Waals surface area contributed by atoms with Crippen molar-refractivity contribution < 1.29 is 22.7 Å². The summed E-state index contributed by atoms with van der Waals surface area (Å²) in [4.78, 5) is 12.6. The van der Waals surface area contributed by atoms with E-state index in [1.54, 1.807) is 12.1 Å². The number of rotatable bonds is 5. The van der Waals surface area contributed by atoms with Crippen LogP contribution in [0.5, 0.6) is 5.75 Å². The van der Waals surface area contributed by atoms with Crippen LogP contribution in [0.1, 0.15) is 37.8 Å². The number of alkyl halides is 3. The highest BCUT2D eigenvalue weighted by atomic mass is 35.5. The van der Waals surface area contributed by atoms with Crippen molar-refractivity contribution in [2.24, 2.45) is 23.5 Å². The first-order chi connectivity index (χ1) is 11.7. The average Bonchev–Trinajstić information content (AvgIpc) is 3.13. The second-order valence-electron chi connectivity index (χ2n) is 7.14. The van der Waals surface area contributed by atoms with Gasteiger partial charge in [-0.3, -0.25) is 4.79 Å². The number of ether oxygens (including phenoxy) is 1. The summed E-state index contributed by atoms with van der Waals surface area (Å²) in [6.07, 6.45) is -1.14. The van der Waals surface area contributed by atoms with Crippen LogP contribution in [0.3, 0.4) is 0 Å². The summed E-state index contributed by atoms with van der Waals surface area (Å²) in [5.41, 5.74) is 7.01. The number of carbonyl (C=O) groups excluding carboxylic acids is 1. The minimum atomic E-state index is -4.36. The SMILES string of the molecule is CC(NC(=O)C1C2CCC(C2)C1N)c1ccc(OCC(F)(F)F)cc1.Cl. The quantitative estimate of drug-likeness (QED) is 0.804. The number of hydrogen-bond acceptors (Lipinski definition) is 3. The van der Waals surface area contributed by atoms with Crippen LogP contribution in [0, 0.1) is 17.8 Å². The van der Waals surface area contributed by atoms with E-state index in [-0.39, 0.29) is 42.1 Å². The van der Waals surface area contributed by atoms with Gasteiger partial charge in [0.1, 0.15) is 5.75 Å². The first kappa shape index (κ1) is 20.8. The van der Waals surface area contributed by atoms with Crippen LogP contribution in [0.2, 0.25) is 0 Å². The molecule has 0 spiro atoms. The third-order valence-corrected chi connectivity index (χ3v) is 5.42. The van der Waals surface area contributed by atoms with E-state index in [2.05, 4.69) is 10.1 Å². The molecule has 1 aromatic rings. The lowest BCUT2D eigenvalue weighted by molar-refractivity contribution is -0.153. The smallest absolute Gasteiger partial charge is 0.422 e. The first-order valence-corrected chi connectivity index (χ1v) is 8.60. The predicted octanol–water partition coefficient (Wildman–Crippen LogP) is 3.60. The lowest BCUT2D eigenvalue weighted by atomic mass is 9.84. The largest absolute Gasteiger partial charge is 0.484 e. The molecule has 4 nitrogen and oxygen atoms in total. The number of fused-ring (bicyclic) bond motifs is 2. The Labute approximate surface area is 157 Å². The zero-order chi connectivity index (χ0) is 18.2. The molecule has 3 rings (SSSR count). The molecule has 0 radical (unpaired) electrons. The maximum atomic E-state index is 12.6. The highest BCUT2D eigenvalue weighted by Gasteiger charge is 2.49. The number of amides is 1. The molecule has 1 amide bonds. The van der Waals surface area contributed by atoms with Crippen molar-refractivity contribution >= 4 is 18.3 Å². The summed E-state index contributed by atoms with van der Waals surface area (Å²) in [5, 5.41) is 2.99. The summed E-state index contributed by atoms with van der Waals surface area (Å²) >= 11 is 0. The monoisotopic (exact) mass is 392 g/mol. The summed E-state index contributed by atoms with van der Waals surface area (Å²) in [6.45, 7) is 0.531. The molecule has 5 atom stereocenters. The molecule has 2 bridgehead atoms. The highest BCUT2D eigenvalue weighted by Crippen LogP contribution is 2.47. The zero-order valence-electron chi connectivity index (χ0n) is 14.5. The van der Waals surface area contributed by atoms with Gasteiger partial charge in [-0.15, -0.1) is 12.4 Å². The van der Waals surface area contributed by atoms with Crippen LogP contribution >= 0.6 is 12.4 Å². The Morgan fingerprint density at radius 1 is 1.27 bits per heavy atom. The van der Waals surface area contributed by atoms with Crippen LogP contribution < -0.4 is 15.8 Å². The van der Waals surface area contributed by atoms with Gasteiger partial charge in [0.15, 0.2) is 6.61 Å². The van der Waals surface area contributed by atoms with Crippen molar-refractivity contribution in [1.82, 2.24) is 5.32 Å². The van der Waals surface area contributed by atoms with Crippen molar-refractivity contribution in [3.63, 3.8) is 0 Å². The Hall–Kier alpha value is -1.47. The van der Waals surface area contributed by atoms with Gasteiger partial charge in [-0.2, -0.15) is 13.2 Å². The minimum Gasteiger partial charge on any atom is -0.484 e. The van der Waals surface area contributed by atoms with Crippen molar-refractivity contribution in [1.29, 1.82) is 0 Å². The molecule has 2 aliphatic carbocycles. The van der Waals surface area contributed by atoms with E-state index in [9.17, 15) is 18.0 Å². The lowest BCUT2D eigenvalue weighted by Crippen LogP contribution is -2.45. The van der Waals surface area contributed by atoms with Gasteiger partial charge in [0.05, 0.1) is 12.0 Å². The summed E-state index contributed by atoms with van der Waals surface area (Å²) in [5.74, 6) is 0.835. The number of nitrogens with two attached hydrogens (primary N) is 1. The van der Waals surface area contributed by atoms with Gasteiger partial charge in [0.25, 0.3) is 0 Å². The number of benzene rings is 1. The van der Waals surface area contributed by atoms with E-state index in [1.165, 1.54) is 12.1 Å². The Morgan fingerprint density at radius 2 is 1.88 bits per heavy atom. The number of hydrogen-bond donors (Lipinski definition) is 2. The predicted molar refractivity (Wildman–Crippen MR) is 94.1 cm³/mol. The van der Waals surface area contributed by atoms with Gasteiger partial charge in [-0.25, -0.2) is 0 Å². The van der Waals surface area contributed by atoms with E-state index < -0.39 is 12.8 Å². The van der Waals surface area contributed by atoms with Gasteiger partial charge >= 0.3 is 6.18 Å². The Morgan fingerprint density at radius 3 is 2.42 bits per heavy atom. The third-order valence-electron chi connectivity index (χ3n) is 5.42. The van der Waals surface area contributed by atoms with E-state index in [0.717, 1.165) is 24.8 Å². The van der Waals surface area contributed by atoms with Gasteiger partial charge in [0, 0.05) is 6.04 Å². The first-order valence-electron chi connectivity index (χ1n) is 8.60. The van der Waals surface area contributed by atoms with Crippen LogP contribution in [0.4, 0.5) is 13.2 Å². The van der Waals surface area contributed by atoms with Crippen molar-refractivity contribution in [2.45, 2.75) is 44.4 Å². The fourth-order valence-corrected chi connectivity index (χ4v) is 4.14. The zero-order valence-corrected chi connectivity index (χ0v) is 15.3. The number of halogens is 4. The second kappa shape index (κ2) is 8.05. The number of nitrogens with one attached hydrogen (secondary N) is 1. The van der Waals surface area contributed by atoms with E-state index in [0.29, 0.717) is 11.8 Å². The Balaban J connectivity index is 0.00000243. The van der Waals surface area contributed by atoms with E-state index in [1.807, 2.05) is 6.92 Å². The molecule has 0 heterocycles. The standard InChI is InChI=1S/C18H23F3N2O2.ClH/c1-10(11-4-6-14(7-5-11)25-9-18(19,20)21)23-17(24)15-12-2-3-13(8-12)16(15)22;/h4-7,10,12-13,15-16H,2-3,8-9,22H2,1H3,(H,23,24);1H. The normalized spacial score (nSPS) is 28.3. The molecular weight excluding hydrogens is 369 g/mol. The van der Waals surface area contributed by atoms with Gasteiger partial charge in [-0.05, 0) is 55.7 Å². The topological polar surface area (TPSA) is 64.4 Å². The summed E-state index contributed by atoms with van der Waals surface area (Å²) in [6, 6.07) is 5.98. The molecule has 0 aliphatic heterocycles. The average molecular weight is 393 g/mol. The maximum absolute atomic E-state index is 12.6. The van der Waals surface area contributed by atoms with Gasteiger partial charge < -0.3 is 15.8 Å². The van der Waals surface area contributed by atoms with Crippen molar-refractivity contribution in [3.05, 3.63) is 29.8 Å². The molecule has 0 saturated heterocycles. The fraction of sp³-hybridized carbons (Fsp3) is 0.611. The maximum Gasteiger partial charge on any atom is 0.422 e. The van der Waals surface area contributed by atoms with Crippen molar-refractivity contribution in [2.75, 3.05) is 6.61 Å². The third kappa shape index (κ3) is 4.62. The Kier molecular flexibility index (Phi) is 6.45. The Bertz CT molecular complexity index is 622. The molecule has 3 N–H and O–H groups in total. The molecule has 8 heteroatoms. The molecule has 2 fully saturated rings. The second-order valence-corrected chi connectivity index (χ2v) is 7.14. The molecule has 2 aliphatic rings. The molecule has 2 saturated carbocycles. The molecule has 1 aromatic carbocycles. The summed E-state index contributed by atoms with van der Waals surface area (Å²) < 4.78 is 41.1. The van der Waals surface area contributed by atoms with Crippen LogP contribution in [-0.4, -0.2) is 24.7 Å². The fourth-order valence-electron chi connectivity index (χ4n) is 4.14. The van der Waals surface area contributed by atoms with Crippen molar-refractivity contribution in [3.8, 4) is 5.75 Å². The van der Waals surface area contributed by atoms with Gasteiger partial charge in [-0.1, -0.05) is 12.1 Å². The van der Waals surface area contributed by atoms with Crippen LogP contribution in [-0.2, 0) is 4.79 Å².